The average Bonchev–Trinajstić information content (AvgIpc) is 2.56. The minimum absolute atomic E-state index is 0.292. The van der Waals surface area contributed by atoms with Crippen LogP contribution in [0.2, 0.25) is 10.0 Å². The van der Waals surface area contributed by atoms with Gasteiger partial charge >= 0.3 is 5.97 Å². The van der Waals surface area contributed by atoms with Gasteiger partial charge in [-0.1, -0.05) is 35.3 Å². The first-order valence-electron chi connectivity index (χ1n) is 7.40. The largest absolute Gasteiger partial charge is 0.477 e. The molecule has 0 saturated carbocycles. The fourth-order valence-electron chi connectivity index (χ4n) is 2.92. The van der Waals surface area contributed by atoms with E-state index in [2.05, 4.69) is 15.9 Å². The Hall–Kier alpha value is -1.82. The predicted octanol–water partition coefficient (Wildman–Crippen LogP) is 5.46. The molecular weight excluding hydrogens is 429 g/mol. The molecule has 3 rings (SSSR count). The first-order chi connectivity index (χ1) is 11.9. The van der Waals surface area contributed by atoms with E-state index in [1.54, 1.807) is 41.0 Å². The van der Waals surface area contributed by atoms with Gasteiger partial charge in [-0.2, -0.15) is 0 Å². The zero-order valence-corrected chi connectivity index (χ0v) is 16.1. The Labute approximate surface area is 161 Å². The minimum Gasteiger partial charge on any atom is -0.477 e. The SMILES string of the molecule is CCn1c(-c2ccc(Cl)c(Cl)c2)c(C(=O)O)c(=O)c2c(Br)cccc21. The zero-order valence-electron chi connectivity index (χ0n) is 13.0. The number of hydrogen-bond donors (Lipinski definition) is 1. The average molecular weight is 441 g/mol. The molecule has 0 saturated heterocycles. The number of aromatic nitrogens is 1. The summed E-state index contributed by atoms with van der Waals surface area (Å²) in [5, 5.41) is 10.7. The lowest BCUT2D eigenvalue weighted by molar-refractivity contribution is 0.0696. The van der Waals surface area contributed by atoms with Crippen molar-refractivity contribution in [2.24, 2.45) is 0 Å². The van der Waals surface area contributed by atoms with Gasteiger partial charge in [-0.05, 0) is 47.1 Å². The van der Waals surface area contributed by atoms with Crippen molar-refractivity contribution in [3.63, 3.8) is 0 Å². The number of benzene rings is 2. The summed E-state index contributed by atoms with van der Waals surface area (Å²) in [6.45, 7) is 2.36. The number of halogens is 3. The number of nitrogens with zero attached hydrogens (tertiary/aromatic N) is 1. The third kappa shape index (κ3) is 2.97. The fraction of sp³-hybridized carbons (Fsp3) is 0.111. The number of pyridine rings is 1. The number of hydrogen-bond acceptors (Lipinski definition) is 2. The molecule has 0 amide bonds. The molecule has 1 heterocycles. The Morgan fingerprint density at radius 2 is 1.92 bits per heavy atom. The lowest BCUT2D eigenvalue weighted by Crippen LogP contribution is -2.22. The van der Waals surface area contributed by atoms with Gasteiger partial charge in [0.25, 0.3) is 0 Å². The molecule has 0 spiro atoms. The standard InChI is InChI=1S/C18H12BrCl2NO3/c1-2-22-13-5-3-4-10(19)14(13)17(23)15(18(24)25)16(22)9-6-7-11(20)12(21)8-9/h3-8H,2H2,1H3,(H,24,25). The second kappa shape index (κ2) is 6.83. The predicted molar refractivity (Wildman–Crippen MR) is 104 cm³/mol. The summed E-state index contributed by atoms with van der Waals surface area (Å²) in [4.78, 5) is 24.8. The Morgan fingerprint density at radius 1 is 1.20 bits per heavy atom. The molecule has 3 aromatic rings. The van der Waals surface area contributed by atoms with Gasteiger partial charge in [0.1, 0.15) is 5.56 Å². The number of rotatable bonds is 3. The summed E-state index contributed by atoms with van der Waals surface area (Å²) in [5.41, 5.74) is 0.644. The first-order valence-corrected chi connectivity index (χ1v) is 8.95. The van der Waals surface area contributed by atoms with Crippen LogP contribution in [0.15, 0.2) is 45.7 Å². The number of fused-ring (bicyclic) bond motifs is 1. The smallest absolute Gasteiger partial charge is 0.341 e. The van der Waals surface area contributed by atoms with Gasteiger partial charge in [-0.15, -0.1) is 0 Å². The van der Waals surface area contributed by atoms with E-state index >= 15 is 0 Å². The molecule has 128 valence electrons. The van der Waals surface area contributed by atoms with Gasteiger partial charge < -0.3 is 9.67 Å². The van der Waals surface area contributed by atoms with Crippen LogP contribution in [0, 0.1) is 0 Å². The lowest BCUT2D eigenvalue weighted by atomic mass is 10.0. The van der Waals surface area contributed by atoms with Gasteiger partial charge in [0.15, 0.2) is 0 Å². The first kappa shape index (κ1) is 18.0. The van der Waals surface area contributed by atoms with Crippen molar-refractivity contribution in [3.8, 4) is 11.3 Å². The normalized spacial score (nSPS) is 11.0. The quantitative estimate of drug-likeness (QED) is 0.588. The van der Waals surface area contributed by atoms with Crippen LogP contribution < -0.4 is 5.43 Å². The van der Waals surface area contributed by atoms with Crippen LogP contribution in [0.5, 0.6) is 0 Å². The van der Waals surface area contributed by atoms with Crippen molar-refractivity contribution >= 4 is 56.0 Å². The second-order valence-electron chi connectivity index (χ2n) is 5.36. The highest BCUT2D eigenvalue weighted by atomic mass is 79.9. The maximum absolute atomic E-state index is 12.9. The third-order valence-corrected chi connectivity index (χ3v) is 5.37. The third-order valence-electron chi connectivity index (χ3n) is 3.97. The highest BCUT2D eigenvalue weighted by molar-refractivity contribution is 9.10. The Kier molecular flexibility index (Phi) is 4.91. The van der Waals surface area contributed by atoms with Crippen LogP contribution in [-0.4, -0.2) is 15.6 Å². The minimum atomic E-state index is -1.29. The van der Waals surface area contributed by atoms with E-state index in [9.17, 15) is 14.7 Å². The number of aromatic carboxylic acids is 1. The van der Waals surface area contributed by atoms with Crippen LogP contribution >= 0.6 is 39.1 Å². The molecule has 1 N–H and O–H groups in total. The molecule has 1 aromatic heterocycles. The van der Waals surface area contributed by atoms with Gasteiger partial charge in [-0.3, -0.25) is 4.79 Å². The number of carboxylic acids is 1. The van der Waals surface area contributed by atoms with Gasteiger partial charge in [-0.25, -0.2) is 4.79 Å². The molecule has 25 heavy (non-hydrogen) atoms. The maximum Gasteiger partial charge on any atom is 0.341 e. The van der Waals surface area contributed by atoms with Crippen molar-refractivity contribution in [2.45, 2.75) is 13.5 Å². The van der Waals surface area contributed by atoms with Crippen molar-refractivity contribution < 1.29 is 9.90 Å². The molecular formula is C18H12BrCl2NO3. The Balaban J connectivity index is 2.57. The molecule has 7 heteroatoms. The Bertz CT molecular complexity index is 1080. The van der Waals surface area contributed by atoms with Crippen molar-refractivity contribution in [2.75, 3.05) is 0 Å². The van der Waals surface area contributed by atoms with E-state index in [0.717, 1.165) is 0 Å². The van der Waals surface area contributed by atoms with Gasteiger partial charge in [0.05, 0.1) is 26.6 Å². The molecule has 0 bridgehead atoms. The summed E-state index contributed by atoms with van der Waals surface area (Å²) in [6, 6.07) is 10.1. The summed E-state index contributed by atoms with van der Waals surface area (Å²) in [5.74, 6) is -1.29. The summed E-state index contributed by atoms with van der Waals surface area (Å²) < 4.78 is 2.35. The highest BCUT2D eigenvalue weighted by Gasteiger charge is 2.24. The van der Waals surface area contributed by atoms with Crippen LogP contribution in [0.3, 0.4) is 0 Å². The number of carboxylic acid groups (broad SMARTS) is 1. The molecule has 0 atom stereocenters. The molecule has 0 radical (unpaired) electrons. The number of aryl methyl sites for hydroxylation is 1. The van der Waals surface area contributed by atoms with Crippen LogP contribution in [0.1, 0.15) is 17.3 Å². The summed E-state index contributed by atoms with van der Waals surface area (Å²) >= 11 is 15.4. The zero-order chi connectivity index (χ0) is 18.3. The van der Waals surface area contributed by atoms with E-state index in [1.165, 1.54) is 0 Å². The summed E-state index contributed by atoms with van der Waals surface area (Å²) in [6.07, 6.45) is 0. The highest BCUT2D eigenvalue weighted by Crippen LogP contribution is 2.33. The van der Waals surface area contributed by atoms with Crippen LogP contribution in [-0.2, 0) is 6.54 Å². The van der Waals surface area contributed by atoms with Crippen molar-refractivity contribution in [1.82, 2.24) is 4.57 Å². The maximum atomic E-state index is 12.9. The Morgan fingerprint density at radius 3 is 2.52 bits per heavy atom. The molecule has 4 nitrogen and oxygen atoms in total. The van der Waals surface area contributed by atoms with E-state index in [-0.39, 0.29) is 5.56 Å². The molecule has 0 unspecified atom stereocenters. The van der Waals surface area contributed by atoms with Crippen LogP contribution in [0.4, 0.5) is 0 Å². The van der Waals surface area contributed by atoms with E-state index in [4.69, 9.17) is 23.2 Å². The molecule has 2 aromatic carbocycles. The van der Waals surface area contributed by atoms with E-state index in [1.807, 2.05) is 6.92 Å². The van der Waals surface area contributed by atoms with E-state index in [0.29, 0.717) is 43.2 Å². The van der Waals surface area contributed by atoms with Gasteiger partial charge in [0, 0.05) is 16.6 Å². The van der Waals surface area contributed by atoms with Crippen molar-refractivity contribution in [3.05, 3.63) is 66.7 Å². The lowest BCUT2D eigenvalue weighted by Gasteiger charge is -2.19. The van der Waals surface area contributed by atoms with Crippen LogP contribution in [0.25, 0.3) is 22.2 Å². The monoisotopic (exact) mass is 439 g/mol. The second-order valence-corrected chi connectivity index (χ2v) is 7.03. The molecule has 0 aliphatic rings. The number of carbonyl (C=O) groups is 1. The molecule has 0 aliphatic carbocycles. The topological polar surface area (TPSA) is 59.3 Å². The molecule has 0 fully saturated rings. The summed E-state index contributed by atoms with van der Waals surface area (Å²) in [7, 11) is 0. The van der Waals surface area contributed by atoms with Crippen molar-refractivity contribution in [1.29, 1.82) is 0 Å². The molecule has 0 aliphatic heterocycles. The van der Waals surface area contributed by atoms with Gasteiger partial charge in [0.2, 0.25) is 5.43 Å². The fourth-order valence-corrected chi connectivity index (χ4v) is 3.75. The van der Waals surface area contributed by atoms with E-state index < -0.39 is 11.4 Å².